The number of aryl methyl sites for hydroxylation is 1. The number of anilines is 1. The molecule has 6 heteroatoms. The number of rotatable bonds is 4. The van der Waals surface area contributed by atoms with Crippen LogP contribution in [0.15, 0.2) is 58.4 Å². The van der Waals surface area contributed by atoms with Crippen LogP contribution < -0.4 is 4.72 Å². The summed E-state index contributed by atoms with van der Waals surface area (Å²) in [5.41, 5.74) is 1.89. The van der Waals surface area contributed by atoms with Crippen molar-refractivity contribution in [1.29, 1.82) is 0 Å². The minimum atomic E-state index is -3.65. The van der Waals surface area contributed by atoms with Crippen LogP contribution >= 0.6 is 0 Å². The normalized spacial score (nSPS) is 10.7. The highest BCUT2D eigenvalue weighted by Crippen LogP contribution is 2.19. The van der Waals surface area contributed by atoms with Crippen LogP contribution in [0.4, 0.5) is 11.4 Å². The van der Waals surface area contributed by atoms with Crippen LogP contribution in [0.5, 0.6) is 0 Å². The van der Waals surface area contributed by atoms with E-state index in [0.29, 0.717) is 11.4 Å². The standard InChI is InChI=1S/C14H12N2O3S/c1-11-2-4-13(5-3-11)16-20(18,19)14-8-6-12(7-9-14)15-10-17/h2-9,16H,1H3. The highest BCUT2D eigenvalue weighted by molar-refractivity contribution is 7.92. The fourth-order valence-corrected chi connectivity index (χ4v) is 2.65. The Kier molecular flexibility index (Phi) is 3.98. The molecule has 0 saturated carbocycles. The number of hydrogen-bond donors (Lipinski definition) is 1. The van der Waals surface area contributed by atoms with Crippen molar-refractivity contribution in [3.05, 3.63) is 54.1 Å². The Bertz CT molecular complexity index is 744. The molecular weight excluding hydrogens is 276 g/mol. The Labute approximate surface area is 117 Å². The van der Waals surface area contributed by atoms with Crippen molar-refractivity contribution in [3.63, 3.8) is 0 Å². The van der Waals surface area contributed by atoms with Gasteiger partial charge in [0.15, 0.2) is 0 Å². The number of benzene rings is 2. The first-order valence-corrected chi connectivity index (χ1v) is 7.27. The van der Waals surface area contributed by atoms with Gasteiger partial charge in [-0.1, -0.05) is 17.7 Å². The van der Waals surface area contributed by atoms with Crippen molar-refractivity contribution in [3.8, 4) is 0 Å². The molecule has 1 N–H and O–H groups in total. The number of sulfonamides is 1. The third-order valence-electron chi connectivity index (χ3n) is 2.63. The zero-order valence-electron chi connectivity index (χ0n) is 10.7. The highest BCUT2D eigenvalue weighted by atomic mass is 32.2. The smallest absolute Gasteiger partial charge is 0.261 e. The monoisotopic (exact) mass is 288 g/mol. The van der Waals surface area contributed by atoms with Gasteiger partial charge in [0.1, 0.15) is 0 Å². The maximum atomic E-state index is 12.1. The average Bonchev–Trinajstić information content (AvgIpc) is 2.42. The lowest BCUT2D eigenvalue weighted by Crippen LogP contribution is -2.12. The van der Waals surface area contributed by atoms with E-state index in [1.165, 1.54) is 30.3 Å². The Morgan fingerprint density at radius 1 is 1.00 bits per heavy atom. The zero-order valence-corrected chi connectivity index (χ0v) is 11.5. The molecule has 0 amide bonds. The van der Waals surface area contributed by atoms with E-state index >= 15 is 0 Å². The molecule has 0 heterocycles. The molecule has 102 valence electrons. The lowest BCUT2D eigenvalue weighted by atomic mass is 10.2. The molecule has 0 aliphatic rings. The van der Waals surface area contributed by atoms with Crippen LogP contribution in [0.25, 0.3) is 0 Å². The predicted octanol–water partition coefficient (Wildman–Crippen LogP) is 2.76. The molecule has 0 saturated heterocycles. The van der Waals surface area contributed by atoms with Crippen molar-refractivity contribution in [2.75, 3.05) is 4.72 Å². The fraction of sp³-hybridized carbons (Fsp3) is 0.0714. The molecule has 0 unspecified atom stereocenters. The molecule has 20 heavy (non-hydrogen) atoms. The number of isocyanates is 1. The molecule has 2 rings (SSSR count). The first kappa shape index (κ1) is 14.0. The molecule has 0 aromatic heterocycles. The van der Waals surface area contributed by atoms with Crippen molar-refractivity contribution >= 4 is 27.5 Å². The molecule has 0 spiro atoms. The summed E-state index contributed by atoms with van der Waals surface area (Å²) >= 11 is 0. The van der Waals surface area contributed by atoms with Gasteiger partial charge in [-0.15, -0.1) is 0 Å². The van der Waals surface area contributed by atoms with E-state index < -0.39 is 10.0 Å². The topological polar surface area (TPSA) is 75.6 Å². The summed E-state index contributed by atoms with van der Waals surface area (Å²) in [6, 6.07) is 12.7. The number of nitrogens with one attached hydrogen (secondary N) is 1. The molecule has 0 aliphatic carbocycles. The number of hydrogen-bond acceptors (Lipinski definition) is 4. The average molecular weight is 288 g/mol. The predicted molar refractivity (Wildman–Crippen MR) is 76.2 cm³/mol. The summed E-state index contributed by atoms with van der Waals surface area (Å²) in [5, 5.41) is 0. The highest BCUT2D eigenvalue weighted by Gasteiger charge is 2.13. The van der Waals surface area contributed by atoms with Crippen LogP contribution in [-0.4, -0.2) is 14.5 Å². The van der Waals surface area contributed by atoms with Gasteiger partial charge in [-0.05, 0) is 43.3 Å². The van der Waals surface area contributed by atoms with Gasteiger partial charge in [-0.25, -0.2) is 13.2 Å². The third-order valence-corrected chi connectivity index (χ3v) is 4.02. The maximum absolute atomic E-state index is 12.1. The molecular formula is C14H12N2O3S. The van der Waals surface area contributed by atoms with Gasteiger partial charge in [-0.2, -0.15) is 4.99 Å². The van der Waals surface area contributed by atoms with Gasteiger partial charge < -0.3 is 0 Å². The van der Waals surface area contributed by atoms with E-state index in [4.69, 9.17) is 0 Å². The van der Waals surface area contributed by atoms with Crippen LogP contribution in [0, 0.1) is 6.92 Å². The van der Waals surface area contributed by atoms with Crippen molar-refractivity contribution in [2.45, 2.75) is 11.8 Å². The third kappa shape index (κ3) is 3.32. The summed E-state index contributed by atoms with van der Waals surface area (Å²) < 4.78 is 26.8. The minimum absolute atomic E-state index is 0.0999. The maximum Gasteiger partial charge on any atom is 0.261 e. The van der Waals surface area contributed by atoms with Crippen molar-refractivity contribution in [2.24, 2.45) is 4.99 Å². The molecule has 0 aliphatic heterocycles. The molecule has 0 bridgehead atoms. The second-order valence-electron chi connectivity index (χ2n) is 4.17. The molecule has 0 atom stereocenters. The van der Waals surface area contributed by atoms with Gasteiger partial charge in [0, 0.05) is 5.69 Å². The molecule has 0 radical (unpaired) electrons. The minimum Gasteiger partial charge on any atom is -0.280 e. The molecule has 0 fully saturated rings. The molecule has 2 aromatic carbocycles. The van der Waals surface area contributed by atoms with Crippen LogP contribution in [0.2, 0.25) is 0 Å². The second-order valence-corrected chi connectivity index (χ2v) is 5.85. The van der Waals surface area contributed by atoms with E-state index in [2.05, 4.69) is 9.71 Å². The lowest BCUT2D eigenvalue weighted by Gasteiger charge is -2.08. The quantitative estimate of drug-likeness (QED) is 0.694. The van der Waals surface area contributed by atoms with Gasteiger partial charge in [0.05, 0.1) is 10.6 Å². The van der Waals surface area contributed by atoms with E-state index in [-0.39, 0.29) is 4.90 Å². The number of carbonyl (C=O) groups excluding carboxylic acids is 1. The van der Waals surface area contributed by atoms with Crippen LogP contribution in [-0.2, 0) is 14.8 Å². The van der Waals surface area contributed by atoms with Gasteiger partial charge in [0.2, 0.25) is 6.08 Å². The summed E-state index contributed by atoms with van der Waals surface area (Å²) in [7, 11) is -3.65. The summed E-state index contributed by atoms with van der Waals surface area (Å²) in [4.78, 5) is 13.6. The van der Waals surface area contributed by atoms with E-state index in [9.17, 15) is 13.2 Å². The summed E-state index contributed by atoms with van der Waals surface area (Å²) in [5.74, 6) is 0. The summed E-state index contributed by atoms with van der Waals surface area (Å²) in [6.45, 7) is 1.92. The largest absolute Gasteiger partial charge is 0.280 e. The second kappa shape index (κ2) is 5.69. The number of nitrogens with zero attached hydrogens (tertiary/aromatic N) is 1. The first-order valence-electron chi connectivity index (χ1n) is 5.79. The summed E-state index contributed by atoms with van der Waals surface area (Å²) in [6.07, 6.45) is 1.40. The Morgan fingerprint density at radius 3 is 2.15 bits per heavy atom. The number of aliphatic imine (C=N–C) groups is 1. The zero-order chi connectivity index (χ0) is 14.6. The fourth-order valence-electron chi connectivity index (χ4n) is 1.59. The van der Waals surface area contributed by atoms with Crippen LogP contribution in [0.3, 0.4) is 0 Å². The first-order chi connectivity index (χ1) is 9.51. The van der Waals surface area contributed by atoms with E-state index in [1.807, 2.05) is 19.1 Å². The van der Waals surface area contributed by atoms with E-state index in [0.717, 1.165) is 5.56 Å². The van der Waals surface area contributed by atoms with Gasteiger partial charge >= 0.3 is 0 Å². The Balaban J connectivity index is 2.25. The molecule has 2 aromatic rings. The van der Waals surface area contributed by atoms with Gasteiger partial charge in [-0.3, -0.25) is 4.72 Å². The Morgan fingerprint density at radius 2 is 1.60 bits per heavy atom. The van der Waals surface area contributed by atoms with E-state index in [1.54, 1.807) is 12.1 Å². The van der Waals surface area contributed by atoms with Crippen molar-refractivity contribution < 1.29 is 13.2 Å². The lowest BCUT2D eigenvalue weighted by molar-refractivity contribution is 0.565. The Hall–Kier alpha value is -2.43. The van der Waals surface area contributed by atoms with Gasteiger partial charge in [0.25, 0.3) is 10.0 Å². The van der Waals surface area contributed by atoms with Crippen LogP contribution in [0.1, 0.15) is 5.56 Å². The van der Waals surface area contributed by atoms with Crippen molar-refractivity contribution in [1.82, 2.24) is 0 Å². The molecule has 5 nitrogen and oxygen atoms in total. The SMILES string of the molecule is Cc1ccc(NS(=O)(=O)c2ccc(N=C=O)cc2)cc1.